The lowest BCUT2D eigenvalue weighted by atomic mass is 10.2. The van der Waals surface area contributed by atoms with Gasteiger partial charge >= 0.3 is 5.97 Å². The van der Waals surface area contributed by atoms with Crippen LogP contribution in [0.2, 0.25) is 29.7 Å². The van der Waals surface area contributed by atoms with E-state index in [1.807, 2.05) is 0 Å². The van der Waals surface area contributed by atoms with Crippen molar-refractivity contribution in [3.8, 4) is 0 Å². The Balaban J connectivity index is 3.41. The van der Waals surface area contributed by atoms with Gasteiger partial charge in [-0.05, 0) is 17.3 Å². The third-order valence-corrected chi connectivity index (χ3v) is 4.99. The maximum absolute atomic E-state index is 10.8. The molecule has 0 spiro atoms. The molecule has 15 heavy (non-hydrogen) atoms. The molecule has 0 aliphatic heterocycles. The van der Waals surface area contributed by atoms with E-state index in [9.17, 15) is 4.79 Å². The number of hydrogen-bond donors (Lipinski definition) is 1. The van der Waals surface area contributed by atoms with Crippen LogP contribution in [0.3, 0.4) is 0 Å². The SMILES string of the molecule is C[Si](C)(C)c1c(Cl)cc(C(=O)O)cc1Cl. The summed E-state index contributed by atoms with van der Waals surface area (Å²) in [5.74, 6) is -1.01. The van der Waals surface area contributed by atoms with E-state index in [1.54, 1.807) is 0 Å². The summed E-state index contributed by atoms with van der Waals surface area (Å²) >= 11 is 12.1. The predicted molar refractivity (Wildman–Crippen MR) is 66.4 cm³/mol. The number of rotatable bonds is 2. The van der Waals surface area contributed by atoms with Crippen molar-refractivity contribution in [3.63, 3.8) is 0 Å². The average Bonchev–Trinajstić information content (AvgIpc) is 1.99. The van der Waals surface area contributed by atoms with E-state index in [2.05, 4.69) is 19.6 Å². The van der Waals surface area contributed by atoms with Crippen molar-refractivity contribution in [1.82, 2.24) is 0 Å². The zero-order valence-corrected chi connectivity index (χ0v) is 11.3. The van der Waals surface area contributed by atoms with Gasteiger partial charge in [0, 0.05) is 10.0 Å². The van der Waals surface area contributed by atoms with Crippen LogP contribution in [0.15, 0.2) is 12.1 Å². The Morgan fingerprint density at radius 1 is 1.20 bits per heavy atom. The predicted octanol–water partition coefficient (Wildman–Crippen LogP) is 3.24. The first kappa shape index (κ1) is 12.6. The van der Waals surface area contributed by atoms with Gasteiger partial charge in [0.25, 0.3) is 0 Å². The van der Waals surface area contributed by atoms with Crippen LogP contribution in [0.5, 0.6) is 0 Å². The molecule has 0 unspecified atom stereocenters. The standard InChI is InChI=1S/C10H12Cl2O2Si/c1-15(2,3)9-7(11)4-6(10(13)14)5-8(9)12/h4-5H,1-3H3,(H,13,14). The van der Waals surface area contributed by atoms with Crippen LogP contribution in [-0.2, 0) is 0 Å². The Labute approximate surface area is 99.8 Å². The molecule has 1 rings (SSSR count). The molecular weight excluding hydrogens is 251 g/mol. The monoisotopic (exact) mass is 262 g/mol. The fourth-order valence-corrected chi connectivity index (χ4v) is 5.18. The number of benzene rings is 1. The lowest BCUT2D eigenvalue weighted by Crippen LogP contribution is -2.39. The van der Waals surface area contributed by atoms with Crippen molar-refractivity contribution in [2.75, 3.05) is 0 Å². The lowest BCUT2D eigenvalue weighted by molar-refractivity contribution is 0.0697. The van der Waals surface area contributed by atoms with Gasteiger partial charge < -0.3 is 5.11 Å². The zero-order chi connectivity index (χ0) is 11.8. The molecule has 0 atom stereocenters. The molecule has 1 aromatic rings. The highest BCUT2D eigenvalue weighted by Crippen LogP contribution is 2.21. The molecule has 1 N–H and O–H groups in total. The van der Waals surface area contributed by atoms with Crippen molar-refractivity contribution < 1.29 is 9.90 Å². The summed E-state index contributed by atoms with van der Waals surface area (Å²) in [6.45, 7) is 6.33. The molecule has 0 bridgehead atoms. The minimum Gasteiger partial charge on any atom is -0.478 e. The highest BCUT2D eigenvalue weighted by atomic mass is 35.5. The van der Waals surface area contributed by atoms with Gasteiger partial charge in [0.1, 0.15) is 0 Å². The molecule has 2 nitrogen and oxygen atoms in total. The summed E-state index contributed by atoms with van der Waals surface area (Å²) in [5.41, 5.74) is 0.131. The van der Waals surface area contributed by atoms with Gasteiger partial charge in [-0.2, -0.15) is 0 Å². The van der Waals surface area contributed by atoms with Crippen molar-refractivity contribution in [2.24, 2.45) is 0 Å². The van der Waals surface area contributed by atoms with Crippen LogP contribution >= 0.6 is 23.2 Å². The molecule has 1 aromatic carbocycles. The van der Waals surface area contributed by atoms with E-state index in [4.69, 9.17) is 28.3 Å². The topological polar surface area (TPSA) is 37.3 Å². The first-order chi connectivity index (χ1) is 6.73. The average molecular weight is 263 g/mol. The number of carboxylic acid groups (broad SMARTS) is 1. The molecule has 82 valence electrons. The number of aromatic carboxylic acids is 1. The van der Waals surface area contributed by atoms with Gasteiger partial charge in [-0.15, -0.1) is 0 Å². The Hall–Kier alpha value is -0.513. The largest absolute Gasteiger partial charge is 0.478 e. The van der Waals surface area contributed by atoms with Gasteiger partial charge in [0.15, 0.2) is 0 Å². The molecule has 0 fully saturated rings. The second kappa shape index (κ2) is 4.16. The fourth-order valence-electron chi connectivity index (χ4n) is 1.41. The first-order valence-electron chi connectivity index (χ1n) is 4.46. The first-order valence-corrected chi connectivity index (χ1v) is 8.72. The molecule has 0 aliphatic rings. The normalized spacial score (nSPS) is 11.5. The minimum absolute atomic E-state index is 0.131. The number of hydrogen-bond acceptors (Lipinski definition) is 1. The molecule has 0 radical (unpaired) electrons. The summed E-state index contributed by atoms with van der Waals surface area (Å²) in [6, 6.07) is 2.92. The fraction of sp³-hybridized carbons (Fsp3) is 0.300. The van der Waals surface area contributed by atoms with E-state index in [0.717, 1.165) is 5.19 Å². The number of carbonyl (C=O) groups is 1. The van der Waals surface area contributed by atoms with E-state index in [-0.39, 0.29) is 5.56 Å². The van der Waals surface area contributed by atoms with Crippen LogP contribution in [0, 0.1) is 0 Å². The second-order valence-corrected chi connectivity index (χ2v) is 10.2. The summed E-state index contributed by atoms with van der Waals surface area (Å²) < 4.78 is 0. The summed E-state index contributed by atoms with van der Waals surface area (Å²) in [5, 5.41) is 10.6. The van der Waals surface area contributed by atoms with Gasteiger partial charge in [0.05, 0.1) is 13.6 Å². The van der Waals surface area contributed by atoms with Crippen LogP contribution in [0.1, 0.15) is 10.4 Å². The maximum Gasteiger partial charge on any atom is 0.335 e. The van der Waals surface area contributed by atoms with Crippen LogP contribution in [0.25, 0.3) is 0 Å². The van der Waals surface area contributed by atoms with E-state index >= 15 is 0 Å². The van der Waals surface area contributed by atoms with Gasteiger partial charge in [-0.3, -0.25) is 0 Å². The molecular formula is C10H12Cl2O2Si. The van der Waals surface area contributed by atoms with Gasteiger partial charge in [-0.1, -0.05) is 42.8 Å². The van der Waals surface area contributed by atoms with Crippen molar-refractivity contribution in [3.05, 3.63) is 27.7 Å². The molecule has 5 heteroatoms. The van der Waals surface area contributed by atoms with Crippen LogP contribution in [-0.4, -0.2) is 19.1 Å². The minimum atomic E-state index is -1.64. The summed E-state index contributed by atoms with van der Waals surface area (Å²) in [4.78, 5) is 10.8. The van der Waals surface area contributed by atoms with Crippen LogP contribution < -0.4 is 5.19 Å². The van der Waals surface area contributed by atoms with Crippen molar-refractivity contribution in [2.45, 2.75) is 19.6 Å². The Morgan fingerprint density at radius 3 is 1.87 bits per heavy atom. The molecule has 0 aromatic heterocycles. The quantitative estimate of drug-likeness (QED) is 0.832. The van der Waals surface area contributed by atoms with Crippen molar-refractivity contribution in [1.29, 1.82) is 0 Å². The third-order valence-electron chi connectivity index (χ3n) is 2.04. The summed E-state index contributed by atoms with van der Waals surface area (Å²) in [7, 11) is -1.64. The Morgan fingerprint density at radius 2 is 1.60 bits per heavy atom. The highest BCUT2D eigenvalue weighted by Gasteiger charge is 2.24. The van der Waals surface area contributed by atoms with Gasteiger partial charge in [-0.25, -0.2) is 4.79 Å². The van der Waals surface area contributed by atoms with Crippen molar-refractivity contribution >= 4 is 42.4 Å². The van der Waals surface area contributed by atoms with Crippen LogP contribution in [0.4, 0.5) is 0 Å². The molecule has 0 heterocycles. The smallest absolute Gasteiger partial charge is 0.335 e. The molecule has 0 amide bonds. The second-order valence-electron chi connectivity index (χ2n) is 4.37. The summed E-state index contributed by atoms with van der Waals surface area (Å²) in [6.07, 6.45) is 0. The van der Waals surface area contributed by atoms with E-state index in [0.29, 0.717) is 10.0 Å². The Kier molecular flexibility index (Phi) is 3.48. The number of carboxylic acids is 1. The van der Waals surface area contributed by atoms with Gasteiger partial charge in [0.2, 0.25) is 0 Å². The van der Waals surface area contributed by atoms with E-state index in [1.165, 1.54) is 12.1 Å². The molecule has 0 aliphatic carbocycles. The maximum atomic E-state index is 10.8. The third kappa shape index (κ3) is 2.74. The number of halogens is 2. The zero-order valence-electron chi connectivity index (χ0n) is 8.77. The van der Waals surface area contributed by atoms with E-state index < -0.39 is 14.0 Å². The highest BCUT2D eigenvalue weighted by molar-refractivity contribution is 6.91. The molecule has 0 saturated heterocycles. The lowest BCUT2D eigenvalue weighted by Gasteiger charge is -2.20. The molecule has 0 saturated carbocycles. The Bertz CT molecular complexity index is 387.